The summed E-state index contributed by atoms with van der Waals surface area (Å²) in [6.07, 6.45) is 0.847. The van der Waals surface area contributed by atoms with E-state index in [-0.39, 0.29) is 17.3 Å². The highest BCUT2D eigenvalue weighted by Gasteiger charge is 2.14. The predicted molar refractivity (Wildman–Crippen MR) is 55.8 cm³/mol. The molecule has 1 atom stereocenters. The molecule has 0 aromatic carbocycles. The van der Waals surface area contributed by atoms with Crippen LogP contribution in [-0.4, -0.2) is 31.2 Å². The molecule has 0 radical (unpaired) electrons. The van der Waals surface area contributed by atoms with Crippen LogP contribution in [0, 0.1) is 0 Å². The van der Waals surface area contributed by atoms with Crippen LogP contribution in [0.3, 0.4) is 0 Å². The topological polar surface area (TPSA) is 105 Å². The molecule has 1 aromatic heterocycles. The van der Waals surface area contributed by atoms with Crippen LogP contribution in [0.4, 0.5) is 5.82 Å². The molecule has 7 heteroatoms. The van der Waals surface area contributed by atoms with E-state index in [9.17, 15) is 8.42 Å². The average Bonchev–Trinajstić information content (AvgIpc) is 2.13. The Labute approximate surface area is 88.2 Å². The maximum Gasteiger partial charge on any atom is 0.241 e. The minimum absolute atomic E-state index is 0.0781. The molecule has 6 nitrogen and oxygen atoms in total. The van der Waals surface area contributed by atoms with Gasteiger partial charge in [-0.25, -0.2) is 18.5 Å². The summed E-state index contributed by atoms with van der Waals surface area (Å²) in [7, 11) is -3.79. The van der Waals surface area contributed by atoms with Crippen molar-refractivity contribution in [3.63, 3.8) is 0 Å². The number of nitrogens with one attached hydrogen (secondary N) is 1. The van der Waals surface area contributed by atoms with Crippen LogP contribution in [0.25, 0.3) is 0 Å². The van der Waals surface area contributed by atoms with Crippen molar-refractivity contribution in [2.75, 3.05) is 11.9 Å². The molecule has 0 amide bonds. The van der Waals surface area contributed by atoms with Crippen molar-refractivity contribution in [1.29, 1.82) is 0 Å². The van der Waals surface area contributed by atoms with E-state index in [0.717, 1.165) is 0 Å². The SMILES string of the molecule is C[C@H](O)CNc1ncccc1S(N)(=O)=O. The Balaban J connectivity index is 2.98. The molecule has 0 bridgehead atoms. The van der Waals surface area contributed by atoms with Crippen molar-refractivity contribution >= 4 is 15.8 Å². The summed E-state index contributed by atoms with van der Waals surface area (Å²) < 4.78 is 22.3. The molecule has 0 aliphatic carbocycles. The molecule has 0 saturated carbocycles. The van der Waals surface area contributed by atoms with Crippen LogP contribution in [0.2, 0.25) is 0 Å². The van der Waals surface area contributed by atoms with E-state index >= 15 is 0 Å². The predicted octanol–water partition coefficient (Wildman–Crippen LogP) is -0.478. The smallest absolute Gasteiger partial charge is 0.241 e. The van der Waals surface area contributed by atoms with Gasteiger partial charge in [0.25, 0.3) is 0 Å². The Bertz CT molecular complexity index is 431. The lowest BCUT2D eigenvalue weighted by Gasteiger charge is -2.10. The summed E-state index contributed by atoms with van der Waals surface area (Å²) in [6, 6.07) is 2.83. The average molecular weight is 231 g/mol. The third kappa shape index (κ3) is 3.46. The quantitative estimate of drug-likeness (QED) is 0.649. The number of aliphatic hydroxyl groups is 1. The van der Waals surface area contributed by atoms with Crippen LogP contribution < -0.4 is 10.5 Å². The maximum absolute atomic E-state index is 11.1. The van der Waals surface area contributed by atoms with Crippen molar-refractivity contribution in [3.05, 3.63) is 18.3 Å². The molecule has 0 fully saturated rings. The number of hydrogen-bond donors (Lipinski definition) is 3. The van der Waals surface area contributed by atoms with Gasteiger partial charge >= 0.3 is 0 Å². The van der Waals surface area contributed by atoms with E-state index in [1.165, 1.54) is 18.3 Å². The van der Waals surface area contributed by atoms with E-state index in [1.807, 2.05) is 0 Å². The highest BCUT2D eigenvalue weighted by atomic mass is 32.2. The van der Waals surface area contributed by atoms with Crippen LogP contribution in [-0.2, 0) is 10.0 Å². The molecule has 84 valence electrons. The molecule has 0 unspecified atom stereocenters. The number of aromatic nitrogens is 1. The van der Waals surface area contributed by atoms with Crippen molar-refractivity contribution in [1.82, 2.24) is 4.98 Å². The fraction of sp³-hybridized carbons (Fsp3) is 0.375. The molecule has 1 heterocycles. The minimum atomic E-state index is -3.79. The molecule has 0 aliphatic rings. The summed E-state index contributed by atoms with van der Waals surface area (Å²) in [5.74, 6) is 0.154. The van der Waals surface area contributed by atoms with Crippen LogP contribution in [0.1, 0.15) is 6.92 Å². The highest BCUT2D eigenvalue weighted by Crippen LogP contribution is 2.15. The van der Waals surface area contributed by atoms with E-state index in [1.54, 1.807) is 6.92 Å². The normalized spacial score (nSPS) is 13.5. The number of aliphatic hydroxyl groups excluding tert-OH is 1. The van der Waals surface area contributed by atoms with Gasteiger partial charge in [-0.15, -0.1) is 0 Å². The molecule has 1 rings (SSSR count). The number of pyridine rings is 1. The number of anilines is 1. The summed E-state index contributed by atoms with van der Waals surface area (Å²) in [4.78, 5) is 3.76. The maximum atomic E-state index is 11.1. The zero-order valence-corrected chi connectivity index (χ0v) is 9.03. The van der Waals surface area contributed by atoms with Gasteiger partial charge in [0.1, 0.15) is 10.7 Å². The Hall–Kier alpha value is -1.18. The Morgan fingerprint density at radius 2 is 2.33 bits per heavy atom. The Kier molecular flexibility index (Phi) is 3.61. The summed E-state index contributed by atoms with van der Waals surface area (Å²) in [5.41, 5.74) is 0. The van der Waals surface area contributed by atoms with Crippen molar-refractivity contribution in [2.45, 2.75) is 17.9 Å². The first-order chi connectivity index (χ1) is 6.91. The third-order valence-electron chi connectivity index (χ3n) is 1.64. The number of nitrogens with zero attached hydrogens (tertiary/aromatic N) is 1. The van der Waals surface area contributed by atoms with Crippen LogP contribution in [0.5, 0.6) is 0 Å². The molecule has 4 N–H and O–H groups in total. The van der Waals surface area contributed by atoms with Crippen molar-refractivity contribution in [3.8, 4) is 0 Å². The number of primary sulfonamides is 1. The second kappa shape index (κ2) is 4.56. The first kappa shape index (κ1) is 11.9. The Morgan fingerprint density at radius 1 is 1.67 bits per heavy atom. The summed E-state index contributed by atoms with van der Waals surface area (Å²) >= 11 is 0. The highest BCUT2D eigenvalue weighted by molar-refractivity contribution is 7.89. The number of nitrogens with two attached hydrogens (primary N) is 1. The fourth-order valence-electron chi connectivity index (χ4n) is 0.997. The minimum Gasteiger partial charge on any atom is -0.392 e. The van der Waals surface area contributed by atoms with E-state index < -0.39 is 16.1 Å². The van der Waals surface area contributed by atoms with Gasteiger partial charge in [-0.2, -0.15) is 0 Å². The van der Waals surface area contributed by atoms with Gasteiger partial charge in [-0.05, 0) is 19.1 Å². The van der Waals surface area contributed by atoms with E-state index in [2.05, 4.69) is 10.3 Å². The third-order valence-corrected chi connectivity index (χ3v) is 2.58. The largest absolute Gasteiger partial charge is 0.392 e. The zero-order chi connectivity index (χ0) is 11.5. The van der Waals surface area contributed by atoms with Gasteiger partial charge < -0.3 is 10.4 Å². The lowest BCUT2D eigenvalue weighted by Crippen LogP contribution is -2.20. The Morgan fingerprint density at radius 3 is 2.87 bits per heavy atom. The molecule has 0 aliphatic heterocycles. The zero-order valence-electron chi connectivity index (χ0n) is 8.21. The number of rotatable bonds is 4. The van der Waals surface area contributed by atoms with E-state index in [4.69, 9.17) is 10.2 Å². The molecule has 1 aromatic rings. The molecular formula is C8H13N3O3S. The van der Waals surface area contributed by atoms with Gasteiger partial charge in [0.2, 0.25) is 10.0 Å². The second-order valence-electron chi connectivity index (χ2n) is 3.13. The molecule has 0 spiro atoms. The standard InChI is InChI=1S/C8H13N3O3S/c1-6(12)5-11-8-7(15(9,13)14)3-2-4-10-8/h2-4,6,12H,5H2,1H3,(H,10,11)(H2,9,13,14)/t6-/m0/s1. The van der Waals surface area contributed by atoms with Crippen LogP contribution >= 0.6 is 0 Å². The second-order valence-corrected chi connectivity index (χ2v) is 4.65. The van der Waals surface area contributed by atoms with Gasteiger partial charge in [-0.3, -0.25) is 0 Å². The van der Waals surface area contributed by atoms with Crippen molar-refractivity contribution in [2.24, 2.45) is 5.14 Å². The monoisotopic (exact) mass is 231 g/mol. The van der Waals surface area contributed by atoms with Gasteiger partial charge in [0, 0.05) is 12.7 Å². The fourth-order valence-corrected chi connectivity index (χ4v) is 1.66. The van der Waals surface area contributed by atoms with Crippen molar-refractivity contribution < 1.29 is 13.5 Å². The van der Waals surface area contributed by atoms with E-state index in [0.29, 0.717) is 0 Å². The number of sulfonamides is 1. The number of hydrogen-bond acceptors (Lipinski definition) is 5. The van der Waals surface area contributed by atoms with Gasteiger partial charge in [-0.1, -0.05) is 0 Å². The summed E-state index contributed by atoms with van der Waals surface area (Å²) in [6.45, 7) is 1.78. The molecule has 0 saturated heterocycles. The molecular weight excluding hydrogens is 218 g/mol. The first-order valence-electron chi connectivity index (χ1n) is 4.31. The van der Waals surface area contributed by atoms with Gasteiger partial charge in [0.15, 0.2) is 0 Å². The lowest BCUT2D eigenvalue weighted by atomic mass is 10.4. The van der Waals surface area contributed by atoms with Crippen LogP contribution in [0.15, 0.2) is 23.2 Å². The molecule has 15 heavy (non-hydrogen) atoms. The summed E-state index contributed by atoms with van der Waals surface area (Å²) in [5, 5.41) is 16.7. The lowest BCUT2D eigenvalue weighted by molar-refractivity contribution is 0.208. The first-order valence-corrected chi connectivity index (χ1v) is 5.85. The van der Waals surface area contributed by atoms with Gasteiger partial charge in [0.05, 0.1) is 6.10 Å².